The SMILES string of the molecule is CCCC[C@H](NC(C)=O)C(=O)N[C@H]1CSSC[C@@H](C(N)=O)NC(=O)[C@H](CCCC)NC(=O)[C@H](Cc2c[nH]c3ccccc23)NC(=O)[C@H](CCCNC(=N)N)NC(=O)[C@@H](Cc2ccc3ccccc3c2)NC(=O)[C@H](Cc2c[nH]cn2)NC1=O. The van der Waals surface area contributed by atoms with E-state index in [4.69, 9.17) is 16.9 Å². The molecule has 0 spiro atoms. The van der Waals surface area contributed by atoms with Gasteiger partial charge in [0.1, 0.15) is 48.3 Å². The van der Waals surface area contributed by atoms with Crippen LogP contribution >= 0.6 is 21.6 Å². The van der Waals surface area contributed by atoms with Gasteiger partial charge >= 0.3 is 0 Å². The molecule has 0 radical (unpaired) electrons. The second-order valence-corrected chi connectivity index (χ2v) is 22.7. The molecule has 0 unspecified atom stereocenters. The second-order valence-electron chi connectivity index (χ2n) is 20.1. The number of H-pyrrole nitrogens is 2. The molecule has 0 bridgehead atoms. The first kappa shape index (κ1) is 63.1. The molecule has 82 heavy (non-hydrogen) atoms. The fourth-order valence-corrected chi connectivity index (χ4v) is 11.6. The molecule has 5 aromatic rings. The van der Waals surface area contributed by atoms with Crippen LogP contribution in [-0.2, 0) is 62.4 Å². The van der Waals surface area contributed by atoms with E-state index in [1.54, 1.807) is 12.3 Å². The summed E-state index contributed by atoms with van der Waals surface area (Å²) in [6, 6.07) is 9.98. The highest BCUT2D eigenvalue weighted by molar-refractivity contribution is 8.76. The Bertz CT molecular complexity index is 3030. The molecule has 1 saturated heterocycles. The molecule has 440 valence electrons. The quantitative estimate of drug-likeness (QED) is 0.0227. The molecule has 8 atom stereocenters. The maximum Gasteiger partial charge on any atom is 0.244 e. The predicted octanol–water partition coefficient (Wildman–Crippen LogP) is 1.49. The number of rotatable bonds is 20. The first-order valence-electron chi connectivity index (χ1n) is 27.4. The van der Waals surface area contributed by atoms with E-state index >= 15 is 4.79 Å². The number of primary amides is 1. The molecule has 1 aliphatic rings. The lowest BCUT2D eigenvalue weighted by Gasteiger charge is -2.28. The van der Waals surface area contributed by atoms with Gasteiger partial charge in [0.05, 0.1) is 12.0 Å². The molecular formula is C56H75N15O9S2. The summed E-state index contributed by atoms with van der Waals surface area (Å²) in [5, 5.41) is 35.1. The highest BCUT2D eigenvalue weighted by Crippen LogP contribution is 2.25. The standard InChI is InChI=1S/C56H75N15O9S2/c1-4-6-16-40(64-32(3)72)49(74)71-47-30-82-81-29-46(48(57)73)70-51(76)41(17-7-5-2)65-53(78)44(25-36-27-62-39-18-11-10-15-38(36)39)68-50(75)42(19-12-22-61-56(58)59)66-52(77)43(24-33-20-21-34-13-8-9-14-35(34)23-33)67-54(79)45(69-55(47)80)26-37-28-60-31-63-37/h8-11,13-15,18,20-21,23,27-28,31,40-47,62H,4-7,12,16-17,19,22,24-26,29-30H2,1-3H3,(H2,57,73)(H,60,63)(H,64,72)(H,65,78)(H,66,77)(H,67,79)(H,68,75)(H,69,80)(H,70,76)(H,71,74)(H4,58,59,61)/t40-,41-,42-,43+,44-,45-,46-,47-/m0/s1. The summed E-state index contributed by atoms with van der Waals surface area (Å²) in [6.07, 6.45) is 7.10. The number of benzene rings is 3. The van der Waals surface area contributed by atoms with E-state index < -0.39 is 101 Å². The van der Waals surface area contributed by atoms with E-state index in [9.17, 15) is 38.4 Å². The van der Waals surface area contributed by atoms with Gasteiger partial charge in [0, 0.05) is 67.5 Å². The zero-order chi connectivity index (χ0) is 59.1. The number of amides is 9. The minimum absolute atomic E-state index is 0.0613. The molecule has 1 fully saturated rings. The number of guanidine groups is 1. The lowest BCUT2D eigenvalue weighted by atomic mass is 9.99. The van der Waals surface area contributed by atoms with E-state index in [1.807, 2.05) is 74.5 Å². The van der Waals surface area contributed by atoms with Crippen molar-refractivity contribution in [2.75, 3.05) is 18.1 Å². The Morgan fingerprint density at radius 2 is 1.28 bits per heavy atom. The Balaban J connectivity index is 1.44. The van der Waals surface area contributed by atoms with Gasteiger partial charge in [-0.2, -0.15) is 0 Å². The number of nitrogens with zero attached hydrogens (tertiary/aromatic N) is 1. The van der Waals surface area contributed by atoms with Crippen molar-refractivity contribution in [1.29, 1.82) is 5.41 Å². The van der Waals surface area contributed by atoms with Crippen LogP contribution in [0.2, 0.25) is 0 Å². The number of nitrogens with one attached hydrogen (secondary N) is 12. The third-order valence-corrected chi connectivity index (χ3v) is 16.1. The van der Waals surface area contributed by atoms with Crippen LogP contribution < -0.4 is 59.3 Å². The molecule has 3 heterocycles. The lowest BCUT2D eigenvalue weighted by molar-refractivity contribution is -0.135. The summed E-state index contributed by atoms with van der Waals surface area (Å²) in [5.74, 6) is -7.39. The normalized spacial score (nSPS) is 21.4. The maximum absolute atomic E-state index is 15.1. The summed E-state index contributed by atoms with van der Waals surface area (Å²) in [6.45, 7) is 5.20. The van der Waals surface area contributed by atoms with Gasteiger partial charge in [-0.3, -0.25) is 48.6 Å². The molecule has 16 N–H and O–H groups in total. The van der Waals surface area contributed by atoms with E-state index in [-0.39, 0.29) is 69.0 Å². The average molecular weight is 1170 g/mol. The Labute approximate surface area is 483 Å². The molecule has 26 heteroatoms. The molecule has 6 rings (SSSR count). The maximum atomic E-state index is 15.1. The first-order valence-corrected chi connectivity index (χ1v) is 29.9. The van der Waals surface area contributed by atoms with Gasteiger partial charge in [-0.15, -0.1) is 0 Å². The van der Waals surface area contributed by atoms with Crippen molar-refractivity contribution in [2.45, 2.75) is 140 Å². The molecule has 0 aliphatic carbocycles. The molecule has 1 aliphatic heterocycles. The van der Waals surface area contributed by atoms with Crippen molar-refractivity contribution in [3.05, 3.63) is 102 Å². The van der Waals surface area contributed by atoms with E-state index in [2.05, 4.69) is 62.8 Å². The molecule has 2 aromatic heterocycles. The topological polar surface area (TPSA) is 382 Å². The number of hydrogen-bond donors (Lipinski definition) is 14. The summed E-state index contributed by atoms with van der Waals surface area (Å²) in [7, 11) is 2.11. The molecule has 0 saturated carbocycles. The number of carbonyl (C=O) groups excluding carboxylic acids is 9. The summed E-state index contributed by atoms with van der Waals surface area (Å²) in [4.78, 5) is 138. The van der Waals surface area contributed by atoms with Gasteiger partial charge in [0.15, 0.2) is 5.96 Å². The van der Waals surface area contributed by atoms with Crippen LogP contribution in [0.15, 0.2) is 85.5 Å². The number of unbranched alkanes of at least 4 members (excludes halogenated alkanes) is 2. The fourth-order valence-electron chi connectivity index (χ4n) is 9.28. The lowest BCUT2D eigenvalue weighted by Crippen LogP contribution is -2.61. The fraction of sp³-hybridized carbons (Fsp3) is 0.446. The number of fused-ring (bicyclic) bond motifs is 2. The van der Waals surface area contributed by atoms with Crippen LogP contribution in [-0.4, -0.2) is 140 Å². The summed E-state index contributed by atoms with van der Waals surface area (Å²) < 4.78 is 0. The molecular weight excluding hydrogens is 1090 g/mol. The number of aromatic nitrogens is 3. The van der Waals surface area contributed by atoms with E-state index in [0.717, 1.165) is 43.3 Å². The number of aromatic amines is 2. The number of nitrogens with two attached hydrogens (primary N) is 2. The first-order chi connectivity index (χ1) is 39.4. The van der Waals surface area contributed by atoms with Crippen LogP contribution in [0.5, 0.6) is 0 Å². The monoisotopic (exact) mass is 1170 g/mol. The smallest absolute Gasteiger partial charge is 0.244 e. The second kappa shape index (κ2) is 31.8. The highest BCUT2D eigenvalue weighted by atomic mass is 33.1. The molecule has 3 aromatic carbocycles. The highest BCUT2D eigenvalue weighted by Gasteiger charge is 2.36. The minimum atomic E-state index is -1.44. The van der Waals surface area contributed by atoms with Gasteiger partial charge in [-0.1, -0.05) is 122 Å². The Morgan fingerprint density at radius 3 is 1.94 bits per heavy atom. The number of hydrogen-bond acceptors (Lipinski definition) is 13. The van der Waals surface area contributed by atoms with Crippen LogP contribution in [0, 0.1) is 5.41 Å². The number of imidazole rings is 1. The number of carbonyl (C=O) groups is 9. The summed E-state index contributed by atoms with van der Waals surface area (Å²) in [5.41, 5.74) is 13.8. The van der Waals surface area contributed by atoms with Crippen molar-refractivity contribution in [3.8, 4) is 0 Å². The van der Waals surface area contributed by atoms with Gasteiger partial charge in [-0.25, -0.2) is 4.98 Å². The van der Waals surface area contributed by atoms with Crippen LogP contribution in [0.4, 0.5) is 0 Å². The van der Waals surface area contributed by atoms with Crippen LogP contribution in [0.1, 0.15) is 89.0 Å². The Morgan fingerprint density at radius 1 is 0.683 bits per heavy atom. The average Bonchev–Trinajstić information content (AvgIpc) is 4.32. The Kier molecular flexibility index (Phi) is 24.4. The van der Waals surface area contributed by atoms with E-state index in [1.165, 1.54) is 19.4 Å². The van der Waals surface area contributed by atoms with Crippen molar-refractivity contribution in [1.82, 2.24) is 62.8 Å². The van der Waals surface area contributed by atoms with Crippen molar-refractivity contribution in [2.24, 2.45) is 11.5 Å². The van der Waals surface area contributed by atoms with Crippen molar-refractivity contribution < 1.29 is 43.2 Å². The molecule has 9 amide bonds. The Hall–Kier alpha value is -8.13. The van der Waals surface area contributed by atoms with Gasteiger partial charge in [0.2, 0.25) is 53.2 Å². The third kappa shape index (κ3) is 19.3. The number of para-hydroxylation sites is 1. The zero-order valence-corrected chi connectivity index (χ0v) is 47.8. The van der Waals surface area contributed by atoms with Gasteiger partial charge < -0.3 is 69.3 Å². The molecule has 24 nitrogen and oxygen atoms in total. The van der Waals surface area contributed by atoms with Crippen LogP contribution in [0.3, 0.4) is 0 Å². The predicted molar refractivity (Wildman–Crippen MR) is 315 cm³/mol. The van der Waals surface area contributed by atoms with Crippen molar-refractivity contribution in [3.63, 3.8) is 0 Å². The van der Waals surface area contributed by atoms with Gasteiger partial charge in [-0.05, 0) is 53.6 Å². The van der Waals surface area contributed by atoms with Gasteiger partial charge in [0.25, 0.3) is 0 Å². The summed E-state index contributed by atoms with van der Waals surface area (Å²) >= 11 is 0. The largest absolute Gasteiger partial charge is 0.370 e. The third-order valence-electron chi connectivity index (χ3n) is 13.7. The minimum Gasteiger partial charge on any atom is -0.370 e. The van der Waals surface area contributed by atoms with Crippen molar-refractivity contribution >= 4 is 102 Å². The van der Waals surface area contributed by atoms with E-state index in [0.29, 0.717) is 42.5 Å². The zero-order valence-electron chi connectivity index (χ0n) is 46.2. The van der Waals surface area contributed by atoms with Crippen LogP contribution in [0.25, 0.3) is 21.7 Å².